The van der Waals surface area contributed by atoms with Crippen LogP contribution < -0.4 is 5.43 Å². The van der Waals surface area contributed by atoms with E-state index in [-0.39, 0.29) is 5.43 Å². The molecule has 3 aromatic heterocycles. The number of nitrogens with zero attached hydrogens (tertiary/aromatic N) is 2. The Morgan fingerprint density at radius 1 is 0.933 bits per heavy atom. The van der Waals surface area contributed by atoms with Crippen LogP contribution in [0.2, 0.25) is 0 Å². The molecule has 0 bridgehead atoms. The van der Waals surface area contributed by atoms with Crippen molar-refractivity contribution in [3.63, 3.8) is 0 Å². The molecule has 0 fully saturated rings. The van der Waals surface area contributed by atoms with Crippen LogP contribution in [0.3, 0.4) is 0 Å². The quantitative estimate of drug-likeness (QED) is 0.516. The Hall–Kier alpha value is -2.23. The second-order valence-corrected chi connectivity index (χ2v) is 3.13. The van der Waals surface area contributed by atoms with Crippen LogP contribution in [0.1, 0.15) is 0 Å². The van der Waals surface area contributed by atoms with Crippen molar-refractivity contribution in [1.82, 2.24) is 9.97 Å². The van der Waals surface area contributed by atoms with Gasteiger partial charge < -0.3 is 4.42 Å². The molecule has 72 valence electrons. The van der Waals surface area contributed by atoms with Crippen molar-refractivity contribution in [3.05, 3.63) is 46.9 Å². The minimum absolute atomic E-state index is 0.188. The zero-order valence-corrected chi connectivity index (χ0v) is 7.68. The molecule has 15 heavy (non-hydrogen) atoms. The van der Waals surface area contributed by atoms with E-state index in [1.807, 2.05) is 0 Å². The summed E-state index contributed by atoms with van der Waals surface area (Å²) in [6.45, 7) is 0. The number of pyridine rings is 2. The van der Waals surface area contributed by atoms with E-state index in [1.165, 1.54) is 0 Å². The number of hydrogen-bond donors (Lipinski definition) is 0. The SMILES string of the molecule is O=c1c2ncccc2oc2cccnc12. The molecule has 3 aromatic rings. The summed E-state index contributed by atoms with van der Waals surface area (Å²) >= 11 is 0. The lowest BCUT2D eigenvalue weighted by molar-refractivity contribution is 0.656. The van der Waals surface area contributed by atoms with Crippen LogP contribution in [0.4, 0.5) is 0 Å². The standard InChI is InChI=1S/C11H6N2O2/c14-11-9-7(3-1-5-12-9)15-8-4-2-6-13-10(8)11/h1-6H. The molecule has 0 atom stereocenters. The Morgan fingerprint density at radius 3 is 2.00 bits per heavy atom. The van der Waals surface area contributed by atoms with Crippen molar-refractivity contribution in [2.45, 2.75) is 0 Å². The first-order chi connectivity index (χ1) is 7.36. The van der Waals surface area contributed by atoms with E-state index < -0.39 is 0 Å². The molecule has 0 spiro atoms. The highest BCUT2D eigenvalue weighted by molar-refractivity contribution is 5.84. The third-order valence-corrected chi connectivity index (χ3v) is 2.19. The van der Waals surface area contributed by atoms with Gasteiger partial charge in [0.2, 0.25) is 5.43 Å². The largest absolute Gasteiger partial charge is 0.453 e. The first kappa shape index (κ1) is 8.11. The predicted molar refractivity (Wildman–Crippen MR) is 55.6 cm³/mol. The molecule has 0 saturated heterocycles. The van der Waals surface area contributed by atoms with Crippen LogP contribution in [0, 0.1) is 0 Å². The second kappa shape index (κ2) is 2.88. The van der Waals surface area contributed by atoms with E-state index in [0.29, 0.717) is 22.2 Å². The van der Waals surface area contributed by atoms with Gasteiger partial charge in [0.1, 0.15) is 0 Å². The number of aromatic nitrogens is 2. The Kier molecular flexibility index (Phi) is 1.56. The molecule has 0 aliphatic heterocycles. The van der Waals surface area contributed by atoms with E-state index in [9.17, 15) is 4.79 Å². The fourth-order valence-electron chi connectivity index (χ4n) is 1.52. The molecule has 3 rings (SSSR count). The molecule has 0 aliphatic carbocycles. The zero-order valence-electron chi connectivity index (χ0n) is 7.68. The Bertz CT molecular complexity index is 646. The molecule has 4 heteroatoms. The molecule has 0 unspecified atom stereocenters. The first-order valence-corrected chi connectivity index (χ1v) is 4.49. The molecule has 0 radical (unpaired) electrons. The van der Waals surface area contributed by atoms with E-state index in [2.05, 4.69) is 9.97 Å². The van der Waals surface area contributed by atoms with Gasteiger partial charge in [-0.05, 0) is 24.3 Å². The lowest BCUT2D eigenvalue weighted by atomic mass is 10.3. The van der Waals surface area contributed by atoms with Crippen LogP contribution in [0.25, 0.3) is 22.2 Å². The first-order valence-electron chi connectivity index (χ1n) is 4.49. The van der Waals surface area contributed by atoms with Crippen LogP contribution in [0.15, 0.2) is 45.9 Å². The summed E-state index contributed by atoms with van der Waals surface area (Å²) in [5, 5.41) is 0. The minimum Gasteiger partial charge on any atom is -0.453 e. The lowest BCUT2D eigenvalue weighted by Crippen LogP contribution is -2.05. The van der Waals surface area contributed by atoms with Crippen molar-refractivity contribution in [2.75, 3.05) is 0 Å². The number of fused-ring (bicyclic) bond motifs is 2. The van der Waals surface area contributed by atoms with Crippen molar-refractivity contribution < 1.29 is 4.42 Å². The Labute approximate surface area is 84.2 Å². The highest BCUT2D eigenvalue weighted by Crippen LogP contribution is 2.14. The summed E-state index contributed by atoms with van der Waals surface area (Å²) in [5.41, 5.74) is 1.44. The topological polar surface area (TPSA) is 56.0 Å². The minimum atomic E-state index is -0.188. The zero-order chi connectivity index (χ0) is 10.3. The molecule has 0 saturated carbocycles. The van der Waals surface area contributed by atoms with Crippen LogP contribution >= 0.6 is 0 Å². The van der Waals surface area contributed by atoms with Gasteiger partial charge in [-0.25, -0.2) is 9.97 Å². The molecule has 0 aliphatic rings. The third-order valence-electron chi connectivity index (χ3n) is 2.19. The summed E-state index contributed by atoms with van der Waals surface area (Å²) < 4.78 is 5.50. The number of rotatable bonds is 0. The second-order valence-electron chi connectivity index (χ2n) is 3.13. The van der Waals surface area contributed by atoms with Crippen molar-refractivity contribution in [2.24, 2.45) is 0 Å². The van der Waals surface area contributed by atoms with Crippen molar-refractivity contribution in [1.29, 1.82) is 0 Å². The third kappa shape index (κ3) is 1.11. The molecule has 0 aromatic carbocycles. The summed E-state index contributed by atoms with van der Waals surface area (Å²) in [6, 6.07) is 6.90. The van der Waals surface area contributed by atoms with Gasteiger partial charge >= 0.3 is 0 Å². The molecule has 3 heterocycles. The van der Waals surface area contributed by atoms with E-state index in [1.54, 1.807) is 36.7 Å². The van der Waals surface area contributed by atoms with Gasteiger partial charge in [-0.3, -0.25) is 4.79 Å². The smallest absolute Gasteiger partial charge is 0.237 e. The van der Waals surface area contributed by atoms with Crippen LogP contribution in [0.5, 0.6) is 0 Å². The van der Waals surface area contributed by atoms with Crippen LogP contribution in [-0.2, 0) is 0 Å². The summed E-state index contributed by atoms with van der Waals surface area (Å²) in [4.78, 5) is 19.9. The van der Waals surface area contributed by atoms with Gasteiger partial charge in [0, 0.05) is 12.4 Å². The predicted octanol–water partition coefficient (Wildman–Crippen LogP) is 1.74. The van der Waals surface area contributed by atoms with E-state index >= 15 is 0 Å². The summed E-state index contributed by atoms with van der Waals surface area (Å²) in [7, 11) is 0. The molecular formula is C11H6N2O2. The fourth-order valence-corrected chi connectivity index (χ4v) is 1.52. The molecule has 0 N–H and O–H groups in total. The maximum atomic E-state index is 11.9. The van der Waals surface area contributed by atoms with Gasteiger partial charge in [0.15, 0.2) is 22.2 Å². The van der Waals surface area contributed by atoms with Gasteiger partial charge in [0.25, 0.3) is 0 Å². The van der Waals surface area contributed by atoms with Gasteiger partial charge in [0.05, 0.1) is 0 Å². The summed E-state index contributed by atoms with van der Waals surface area (Å²) in [5.74, 6) is 0. The van der Waals surface area contributed by atoms with Gasteiger partial charge in [-0.15, -0.1) is 0 Å². The normalized spacial score (nSPS) is 10.9. The number of hydrogen-bond acceptors (Lipinski definition) is 4. The maximum Gasteiger partial charge on any atom is 0.237 e. The Balaban J connectivity index is 2.66. The van der Waals surface area contributed by atoms with Crippen molar-refractivity contribution >= 4 is 22.2 Å². The monoisotopic (exact) mass is 198 g/mol. The van der Waals surface area contributed by atoms with Crippen LogP contribution in [-0.4, -0.2) is 9.97 Å². The van der Waals surface area contributed by atoms with E-state index in [4.69, 9.17) is 4.42 Å². The summed E-state index contributed by atoms with van der Waals surface area (Å²) in [6.07, 6.45) is 3.13. The Morgan fingerprint density at radius 2 is 1.47 bits per heavy atom. The lowest BCUT2D eigenvalue weighted by Gasteiger charge is -1.98. The highest BCUT2D eigenvalue weighted by atomic mass is 16.3. The molecular weight excluding hydrogens is 192 g/mol. The molecule has 0 amide bonds. The van der Waals surface area contributed by atoms with Crippen molar-refractivity contribution in [3.8, 4) is 0 Å². The fraction of sp³-hybridized carbons (Fsp3) is 0. The highest BCUT2D eigenvalue weighted by Gasteiger charge is 2.07. The van der Waals surface area contributed by atoms with Gasteiger partial charge in [-0.2, -0.15) is 0 Å². The maximum absolute atomic E-state index is 11.9. The molecule has 4 nitrogen and oxygen atoms in total. The average Bonchev–Trinajstić information content (AvgIpc) is 2.30. The average molecular weight is 198 g/mol. The van der Waals surface area contributed by atoms with E-state index in [0.717, 1.165) is 0 Å². The van der Waals surface area contributed by atoms with Gasteiger partial charge in [-0.1, -0.05) is 0 Å².